The summed E-state index contributed by atoms with van der Waals surface area (Å²) in [6, 6.07) is 0. The van der Waals surface area contributed by atoms with Crippen LogP contribution in [0.4, 0.5) is 8.78 Å². The second kappa shape index (κ2) is 10.6. The van der Waals surface area contributed by atoms with Gasteiger partial charge in [0.25, 0.3) is 0 Å². The molecule has 0 aromatic carbocycles. The third kappa shape index (κ3) is 10.8. The van der Waals surface area contributed by atoms with Crippen LogP contribution in [-0.4, -0.2) is 28.5 Å². The predicted octanol–water partition coefficient (Wildman–Crippen LogP) is 4.43. The first-order valence-electron chi connectivity index (χ1n) is 6.56. The van der Waals surface area contributed by atoms with E-state index in [9.17, 15) is 13.6 Å². The van der Waals surface area contributed by atoms with E-state index in [4.69, 9.17) is 5.11 Å². The number of hydrogen-bond donors (Lipinski definition) is 1. The van der Waals surface area contributed by atoms with E-state index in [1.165, 1.54) is 11.8 Å². The molecule has 0 rings (SSSR count). The molecule has 0 bridgehead atoms. The minimum absolute atomic E-state index is 0.0156. The maximum atomic E-state index is 11.9. The van der Waals surface area contributed by atoms with Crippen LogP contribution in [0.1, 0.15) is 52.4 Å². The highest BCUT2D eigenvalue weighted by Gasteiger charge is 2.18. The third-order valence-electron chi connectivity index (χ3n) is 2.60. The summed E-state index contributed by atoms with van der Waals surface area (Å²) in [6.45, 7) is 4.03. The maximum absolute atomic E-state index is 11.9. The van der Waals surface area contributed by atoms with Crippen LogP contribution >= 0.6 is 11.8 Å². The Hall–Kier alpha value is -0.320. The summed E-state index contributed by atoms with van der Waals surface area (Å²) in [7, 11) is 0. The van der Waals surface area contributed by atoms with Crippen LogP contribution < -0.4 is 0 Å². The molecule has 0 heterocycles. The molecule has 0 aliphatic carbocycles. The van der Waals surface area contributed by atoms with Gasteiger partial charge in [-0.25, -0.2) is 8.78 Å². The van der Waals surface area contributed by atoms with Gasteiger partial charge in [0.05, 0.1) is 0 Å². The molecule has 1 atom stereocenters. The van der Waals surface area contributed by atoms with Crippen molar-refractivity contribution >= 4 is 17.7 Å². The molecule has 2 nitrogen and oxygen atoms in total. The average Bonchev–Trinajstić information content (AvgIpc) is 2.25. The minimum atomic E-state index is -2.19. The van der Waals surface area contributed by atoms with Crippen molar-refractivity contribution in [3.63, 3.8) is 0 Å². The Morgan fingerprint density at radius 2 is 1.78 bits per heavy atom. The molecule has 0 amide bonds. The molecule has 0 saturated heterocycles. The van der Waals surface area contributed by atoms with Crippen LogP contribution in [0, 0.1) is 5.92 Å². The molecule has 0 aromatic heterocycles. The monoisotopic (exact) mass is 282 g/mol. The van der Waals surface area contributed by atoms with Crippen molar-refractivity contribution in [2.45, 2.75) is 64.0 Å². The first kappa shape index (κ1) is 17.7. The van der Waals surface area contributed by atoms with Gasteiger partial charge in [0.15, 0.2) is 0 Å². The van der Waals surface area contributed by atoms with E-state index in [0.29, 0.717) is 18.8 Å². The zero-order valence-electron chi connectivity index (χ0n) is 11.2. The van der Waals surface area contributed by atoms with Crippen molar-refractivity contribution in [2.24, 2.45) is 5.92 Å². The second-order valence-electron chi connectivity index (χ2n) is 4.92. The Balaban J connectivity index is 3.52. The van der Waals surface area contributed by atoms with Crippen LogP contribution in [0.15, 0.2) is 0 Å². The summed E-state index contributed by atoms with van der Waals surface area (Å²) < 4.78 is 23.7. The lowest BCUT2D eigenvalue weighted by Crippen LogP contribution is -2.19. The van der Waals surface area contributed by atoms with Gasteiger partial charge in [-0.05, 0) is 30.9 Å². The standard InChI is InChI=1S/C13H24F2O2S/c1-10(2)9-11(13(16)17)18-8-6-4-3-5-7-12(14)15/h10-12H,3-9H2,1-2H3,(H,16,17). The molecule has 5 heteroatoms. The SMILES string of the molecule is CC(C)CC(SCCCCCCC(F)F)C(=O)O. The molecule has 0 radical (unpaired) electrons. The van der Waals surface area contributed by atoms with Crippen molar-refractivity contribution in [1.29, 1.82) is 0 Å². The van der Waals surface area contributed by atoms with Crippen LogP contribution in [0.2, 0.25) is 0 Å². The van der Waals surface area contributed by atoms with Crippen LogP contribution in [0.5, 0.6) is 0 Å². The van der Waals surface area contributed by atoms with E-state index >= 15 is 0 Å². The molecule has 1 N–H and O–H groups in total. The van der Waals surface area contributed by atoms with Crippen LogP contribution in [0.25, 0.3) is 0 Å². The van der Waals surface area contributed by atoms with Crippen molar-refractivity contribution in [2.75, 3.05) is 5.75 Å². The summed E-state index contributed by atoms with van der Waals surface area (Å²) in [6.07, 6.45) is 1.68. The summed E-state index contributed by atoms with van der Waals surface area (Å²) in [5, 5.41) is 8.69. The number of unbranched alkanes of at least 4 members (excludes halogenated alkanes) is 3. The second-order valence-corrected chi connectivity index (χ2v) is 6.23. The number of hydrogen-bond acceptors (Lipinski definition) is 2. The number of carboxylic acid groups (broad SMARTS) is 1. The average molecular weight is 282 g/mol. The summed E-state index contributed by atoms with van der Waals surface area (Å²) in [4.78, 5) is 11.0. The number of alkyl halides is 2. The minimum Gasteiger partial charge on any atom is -0.480 e. The first-order chi connectivity index (χ1) is 8.43. The Bertz CT molecular complexity index is 223. The van der Waals surface area contributed by atoms with E-state index < -0.39 is 12.4 Å². The zero-order valence-corrected chi connectivity index (χ0v) is 12.0. The molecule has 0 aliphatic heterocycles. The number of halogens is 2. The highest BCUT2D eigenvalue weighted by atomic mass is 32.2. The number of carboxylic acids is 1. The van der Waals surface area contributed by atoms with E-state index in [1.807, 2.05) is 13.8 Å². The normalized spacial score (nSPS) is 13.2. The maximum Gasteiger partial charge on any atom is 0.316 e. The molecule has 0 aliphatic rings. The summed E-state index contributed by atoms with van der Waals surface area (Å²) in [5.41, 5.74) is 0. The van der Waals surface area contributed by atoms with Crippen LogP contribution in [0.3, 0.4) is 0 Å². The smallest absolute Gasteiger partial charge is 0.316 e. The van der Waals surface area contributed by atoms with Gasteiger partial charge < -0.3 is 5.11 Å². The molecule has 0 saturated carbocycles. The molecule has 1 unspecified atom stereocenters. The highest BCUT2D eigenvalue weighted by molar-refractivity contribution is 8.00. The molecular formula is C13H24F2O2S. The zero-order chi connectivity index (χ0) is 14.0. The molecule has 0 aromatic rings. The van der Waals surface area contributed by atoms with Gasteiger partial charge in [0.1, 0.15) is 5.25 Å². The fourth-order valence-electron chi connectivity index (χ4n) is 1.65. The Kier molecular flexibility index (Phi) is 10.4. The molecule has 0 spiro atoms. The van der Waals surface area contributed by atoms with E-state index in [0.717, 1.165) is 25.0 Å². The Labute approximate surface area is 113 Å². The summed E-state index contributed by atoms with van der Waals surface area (Å²) >= 11 is 1.47. The number of thioether (sulfide) groups is 1. The van der Waals surface area contributed by atoms with Crippen LogP contribution in [-0.2, 0) is 4.79 Å². The third-order valence-corrected chi connectivity index (χ3v) is 3.92. The number of aliphatic carboxylic acids is 1. The molecular weight excluding hydrogens is 258 g/mol. The largest absolute Gasteiger partial charge is 0.480 e. The van der Waals surface area contributed by atoms with Crippen molar-refractivity contribution in [1.82, 2.24) is 0 Å². The lowest BCUT2D eigenvalue weighted by molar-refractivity contribution is -0.136. The Morgan fingerprint density at radius 1 is 1.17 bits per heavy atom. The van der Waals surface area contributed by atoms with Crippen molar-refractivity contribution in [3.8, 4) is 0 Å². The number of rotatable bonds is 11. The highest BCUT2D eigenvalue weighted by Crippen LogP contribution is 2.21. The van der Waals surface area contributed by atoms with Gasteiger partial charge in [-0.15, -0.1) is 11.8 Å². The lowest BCUT2D eigenvalue weighted by atomic mass is 10.1. The van der Waals surface area contributed by atoms with Crippen molar-refractivity contribution < 1.29 is 18.7 Å². The van der Waals surface area contributed by atoms with Gasteiger partial charge in [-0.1, -0.05) is 26.7 Å². The fraction of sp³-hybridized carbons (Fsp3) is 0.923. The molecule has 0 fully saturated rings. The molecule has 108 valence electrons. The quantitative estimate of drug-likeness (QED) is 0.569. The molecule has 18 heavy (non-hydrogen) atoms. The van der Waals surface area contributed by atoms with Gasteiger partial charge in [0.2, 0.25) is 6.43 Å². The lowest BCUT2D eigenvalue weighted by Gasteiger charge is -2.14. The predicted molar refractivity (Wildman–Crippen MR) is 72.4 cm³/mol. The topological polar surface area (TPSA) is 37.3 Å². The van der Waals surface area contributed by atoms with Gasteiger partial charge in [0, 0.05) is 6.42 Å². The first-order valence-corrected chi connectivity index (χ1v) is 7.61. The Morgan fingerprint density at radius 3 is 2.28 bits per heavy atom. The fourth-order valence-corrected chi connectivity index (χ4v) is 2.97. The number of carbonyl (C=O) groups is 1. The van der Waals surface area contributed by atoms with E-state index in [2.05, 4.69) is 0 Å². The van der Waals surface area contributed by atoms with Gasteiger partial charge in [-0.2, -0.15) is 0 Å². The van der Waals surface area contributed by atoms with Gasteiger partial charge in [-0.3, -0.25) is 4.79 Å². The van der Waals surface area contributed by atoms with E-state index in [1.54, 1.807) is 0 Å². The van der Waals surface area contributed by atoms with Crippen molar-refractivity contribution in [3.05, 3.63) is 0 Å². The summed E-state index contributed by atoms with van der Waals surface area (Å²) in [5.74, 6) is 0.439. The van der Waals surface area contributed by atoms with E-state index in [-0.39, 0.29) is 11.7 Å². The van der Waals surface area contributed by atoms with Gasteiger partial charge >= 0.3 is 5.97 Å².